The van der Waals surface area contributed by atoms with Gasteiger partial charge in [-0.3, -0.25) is 0 Å². The van der Waals surface area contributed by atoms with Crippen LogP contribution in [0, 0.1) is 19.3 Å². The van der Waals surface area contributed by atoms with E-state index >= 15 is 0 Å². The quantitative estimate of drug-likeness (QED) is 0.369. The number of aryl methyl sites for hydroxylation is 1. The van der Waals surface area contributed by atoms with E-state index in [2.05, 4.69) is 0 Å². The van der Waals surface area contributed by atoms with Gasteiger partial charge in [0.05, 0.1) is 0 Å². The highest BCUT2D eigenvalue weighted by Crippen LogP contribution is 2.31. The predicted molar refractivity (Wildman–Crippen MR) is 76.4 cm³/mol. The maximum Gasteiger partial charge on any atom is 0.389 e. The number of carbonyl (C=O) groups is 1. The Morgan fingerprint density at radius 2 is 1.90 bits per heavy atom. The first-order valence-electron chi connectivity index (χ1n) is 6.15. The van der Waals surface area contributed by atoms with Gasteiger partial charge in [-0.15, -0.1) is 6.42 Å². The van der Waals surface area contributed by atoms with Crippen LogP contribution in [0.1, 0.15) is 11.1 Å². The number of rotatable bonds is 4. The zero-order valence-corrected chi connectivity index (χ0v) is 11.1. The predicted octanol–water partition coefficient (Wildman–Crippen LogP) is 3.11. The highest BCUT2D eigenvalue weighted by Gasteiger charge is 2.11. The lowest BCUT2D eigenvalue weighted by atomic mass is 10.2. The molecule has 0 bridgehead atoms. The van der Waals surface area contributed by atoms with E-state index in [1.807, 2.05) is 49.2 Å². The summed E-state index contributed by atoms with van der Waals surface area (Å²) in [6, 6.07) is 15.1. The normalized spacial score (nSPS) is 9.60. The zero-order valence-electron chi connectivity index (χ0n) is 11.1. The maximum absolute atomic E-state index is 11.2. The van der Waals surface area contributed by atoms with E-state index < -0.39 is 5.97 Å². The molecule has 0 atom stereocenters. The number of hydrogen-bond acceptors (Lipinski definition) is 3. The Bertz CT molecular complexity index is 639. The molecular formula is C17H14O3. The van der Waals surface area contributed by atoms with Crippen molar-refractivity contribution in [3.63, 3.8) is 0 Å². The van der Waals surface area contributed by atoms with Gasteiger partial charge in [0.15, 0.2) is 11.5 Å². The molecule has 0 saturated heterocycles. The third-order valence-electron chi connectivity index (χ3n) is 2.72. The summed E-state index contributed by atoms with van der Waals surface area (Å²) in [6.45, 7) is 2.28. The molecule has 0 aromatic heterocycles. The maximum atomic E-state index is 11.2. The third-order valence-corrected chi connectivity index (χ3v) is 2.72. The third kappa shape index (κ3) is 3.39. The topological polar surface area (TPSA) is 35.5 Å². The number of hydrogen-bond donors (Lipinski definition) is 0. The fourth-order valence-electron chi connectivity index (χ4n) is 1.75. The molecule has 0 heterocycles. The second kappa shape index (κ2) is 6.44. The summed E-state index contributed by atoms with van der Waals surface area (Å²) in [5, 5.41) is 0. The Labute approximate surface area is 118 Å². The molecule has 0 unspecified atom stereocenters. The van der Waals surface area contributed by atoms with Crippen LogP contribution in [0.25, 0.3) is 0 Å². The van der Waals surface area contributed by atoms with Crippen molar-refractivity contribution in [3.05, 3.63) is 59.7 Å². The van der Waals surface area contributed by atoms with Gasteiger partial charge in [-0.1, -0.05) is 42.5 Å². The zero-order chi connectivity index (χ0) is 14.4. The molecule has 0 aliphatic heterocycles. The van der Waals surface area contributed by atoms with Crippen molar-refractivity contribution in [2.45, 2.75) is 13.5 Å². The van der Waals surface area contributed by atoms with Crippen LogP contribution >= 0.6 is 0 Å². The monoisotopic (exact) mass is 266 g/mol. The summed E-state index contributed by atoms with van der Waals surface area (Å²) < 4.78 is 10.8. The van der Waals surface area contributed by atoms with Crippen LogP contribution in [0.15, 0.2) is 48.5 Å². The van der Waals surface area contributed by atoms with Gasteiger partial charge in [-0.05, 0) is 24.1 Å². The first kappa shape index (κ1) is 13.7. The summed E-state index contributed by atoms with van der Waals surface area (Å²) >= 11 is 0. The van der Waals surface area contributed by atoms with Crippen molar-refractivity contribution in [1.29, 1.82) is 0 Å². The molecule has 20 heavy (non-hydrogen) atoms. The summed E-state index contributed by atoms with van der Waals surface area (Å²) in [7, 11) is 0. The molecule has 0 radical (unpaired) electrons. The Kier molecular flexibility index (Phi) is 4.41. The van der Waals surface area contributed by atoms with E-state index in [1.54, 1.807) is 12.1 Å². The van der Waals surface area contributed by atoms with Crippen molar-refractivity contribution in [2.75, 3.05) is 0 Å². The molecule has 2 aromatic carbocycles. The Morgan fingerprint density at radius 3 is 2.60 bits per heavy atom. The Balaban J connectivity index is 2.18. The molecule has 100 valence electrons. The summed E-state index contributed by atoms with van der Waals surface area (Å²) in [4.78, 5) is 11.2. The molecule has 2 aromatic rings. The van der Waals surface area contributed by atoms with Gasteiger partial charge >= 0.3 is 5.97 Å². The molecule has 0 aliphatic rings. The minimum atomic E-state index is -0.736. The standard InChI is InChI=1S/C17H14O3/c1-3-16(18)20-15-11-7-8-13(2)17(15)19-12-14-9-5-4-6-10-14/h1,4-11H,12H2,2H3. The lowest BCUT2D eigenvalue weighted by Crippen LogP contribution is -2.07. The van der Waals surface area contributed by atoms with E-state index in [-0.39, 0.29) is 0 Å². The molecule has 0 saturated carbocycles. The molecule has 0 N–H and O–H groups in total. The van der Waals surface area contributed by atoms with Gasteiger partial charge < -0.3 is 9.47 Å². The summed E-state index contributed by atoms with van der Waals surface area (Å²) in [5.74, 6) is 2.05. The number of terminal acetylenes is 1. The summed E-state index contributed by atoms with van der Waals surface area (Å²) in [6.07, 6.45) is 5.01. The van der Waals surface area contributed by atoms with E-state index in [1.165, 1.54) is 0 Å². The number of carbonyl (C=O) groups excluding carboxylic acids is 1. The van der Waals surface area contributed by atoms with Gasteiger partial charge in [0.25, 0.3) is 0 Å². The molecule has 0 aliphatic carbocycles. The molecule has 2 rings (SSSR count). The molecule has 0 spiro atoms. The van der Waals surface area contributed by atoms with Crippen LogP contribution in [0.4, 0.5) is 0 Å². The molecule has 0 fully saturated rings. The van der Waals surface area contributed by atoms with Gasteiger partial charge in [0, 0.05) is 5.92 Å². The van der Waals surface area contributed by atoms with E-state index in [0.29, 0.717) is 18.1 Å². The van der Waals surface area contributed by atoms with Crippen LogP contribution in [-0.4, -0.2) is 5.97 Å². The van der Waals surface area contributed by atoms with Crippen molar-refractivity contribution >= 4 is 5.97 Å². The lowest BCUT2D eigenvalue weighted by Gasteiger charge is -2.13. The first-order chi connectivity index (χ1) is 9.70. The van der Waals surface area contributed by atoms with Crippen LogP contribution in [0.5, 0.6) is 11.5 Å². The average Bonchev–Trinajstić information content (AvgIpc) is 2.47. The minimum absolute atomic E-state index is 0.337. The summed E-state index contributed by atoms with van der Waals surface area (Å²) in [5.41, 5.74) is 1.91. The molecule has 0 amide bonds. The fourth-order valence-corrected chi connectivity index (χ4v) is 1.75. The number of para-hydroxylation sites is 1. The highest BCUT2D eigenvalue weighted by molar-refractivity contribution is 5.89. The van der Waals surface area contributed by atoms with Crippen molar-refractivity contribution in [3.8, 4) is 23.8 Å². The molecular weight excluding hydrogens is 252 g/mol. The highest BCUT2D eigenvalue weighted by atomic mass is 16.6. The fraction of sp³-hybridized carbons (Fsp3) is 0.118. The Morgan fingerprint density at radius 1 is 1.15 bits per heavy atom. The minimum Gasteiger partial charge on any atom is -0.485 e. The van der Waals surface area contributed by atoms with Crippen molar-refractivity contribution < 1.29 is 14.3 Å². The second-order valence-electron chi connectivity index (χ2n) is 4.21. The number of ether oxygens (including phenoxy) is 2. The number of benzene rings is 2. The Hall–Kier alpha value is -2.73. The van der Waals surface area contributed by atoms with Crippen LogP contribution in [-0.2, 0) is 11.4 Å². The van der Waals surface area contributed by atoms with E-state index in [9.17, 15) is 4.79 Å². The van der Waals surface area contributed by atoms with Crippen LogP contribution in [0.2, 0.25) is 0 Å². The van der Waals surface area contributed by atoms with Gasteiger partial charge in [-0.2, -0.15) is 0 Å². The van der Waals surface area contributed by atoms with E-state index in [0.717, 1.165) is 11.1 Å². The van der Waals surface area contributed by atoms with Crippen molar-refractivity contribution in [1.82, 2.24) is 0 Å². The lowest BCUT2D eigenvalue weighted by molar-refractivity contribution is -0.128. The van der Waals surface area contributed by atoms with Gasteiger partial charge in [0.1, 0.15) is 6.61 Å². The van der Waals surface area contributed by atoms with Crippen molar-refractivity contribution in [2.24, 2.45) is 0 Å². The SMILES string of the molecule is C#CC(=O)Oc1cccc(C)c1OCc1ccccc1. The average molecular weight is 266 g/mol. The largest absolute Gasteiger partial charge is 0.485 e. The first-order valence-corrected chi connectivity index (χ1v) is 6.15. The smallest absolute Gasteiger partial charge is 0.389 e. The van der Waals surface area contributed by atoms with Crippen LogP contribution in [0.3, 0.4) is 0 Å². The molecule has 3 nitrogen and oxygen atoms in total. The second-order valence-corrected chi connectivity index (χ2v) is 4.21. The van der Waals surface area contributed by atoms with Gasteiger partial charge in [0.2, 0.25) is 0 Å². The molecule has 3 heteroatoms. The van der Waals surface area contributed by atoms with Crippen LogP contribution < -0.4 is 9.47 Å². The van der Waals surface area contributed by atoms with E-state index in [4.69, 9.17) is 15.9 Å². The van der Waals surface area contributed by atoms with Gasteiger partial charge in [-0.25, -0.2) is 4.79 Å². The number of esters is 1.